The summed E-state index contributed by atoms with van der Waals surface area (Å²) in [7, 11) is 0. The maximum atomic E-state index is 5.82. The molecule has 1 atom stereocenters. The van der Waals surface area contributed by atoms with Crippen molar-refractivity contribution < 1.29 is 4.74 Å². The van der Waals surface area contributed by atoms with E-state index < -0.39 is 0 Å². The molecule has 0 N–H and O–H groups in total. The van der Waals surface area contributed by atoms with Gasteiger partial charge in [-0.05, 0) is 17.4 Å². The summed E-state index contributed by atoms with van der Waals surface area (Å²) in [6, 6.07) is 10.7. The molecule has 0 bridgehead atoms. The normalized spacial score (nSPS) is 22.1. The maximum Gasteiger partial charge on any atom is 0.0739 e. The second kappa shape index (κ2) is 5.85. The smallest absolute Gasteiger partial charge is 0.0739 e. The van der Waals surface area contributed by atoms with Crippen molar-refractivity contribution in [3.63, 3.8) is 0 Å². The van der Waals surface area contributed by atoms with Crippen LogP contribution in [0.3, 0.4) is 0 Å². The molecule has 18 heavy (non-hydrogen) atoms. The van der Waals surface area contributed by atoms with Gasteiger partial charge in [-0.15, -0.1) is 0 Å². The number of morpholine rings is 1. The molecule has 0 aromatic heterocycles. The predicted molar refractivity (Wildman–Crippen MR) is 75.2 cm³/mol. The van der Waals surface area contributed by atoms with Crippen LogP contribution in [0.1, 0.15) is 26.3 Å². The lowest BCUT2D eigenvalue weighted by Gasteiger charge is -2.35. The molecular formula is C16H24NO. The molecule has 99 valence electrons. The number of nitrogens with zero attached hydrogens (tertiary/aromatic N) is 1. The van der Waals surface area contributed by atoms with Crippen LogP contribution in [-0.2, 0) is 11.3 Å². The summed E-state index contributed by atoms with van der Waals surface area (Å²) in [6.07, 6.45) is 2.59. The molecule has 2 rings (SSSR count). The quantitative estimate of drug-likeness (QED) is 0.812. The molecule has 1 heterocycles. The number of rotatable bonds is 3. The molecule has 0 aliphatic carbocycles. The van der Waals surface area contributed by atoms with Crippen LogP contribution in [0.25, 0.3) is 0 Å². The molecule has 0 spiro atoms. The zero-order valence-corrected chi connectivity index (χ0v) is 11.7. The first kappa shape index (κ1) is 13.6. The van der Waals surface area contributed by atoms with Crippen LogP contribution in [0.15, 0.2) is 30.3 Å². The highest BCUT2D eigenvalue weighted by Crippen LogP contribution is 2.23. The molecule has 1 aliphatic rings. The third-order valence-electron chi connectivity index (χ3n) is 3.11. The van der Waals surface area contributed by atoms with Crippen LogP contribution < -0.4 is 0 Å². The molecule has 1 unspecified atom stereocenters. The van der Waals surface area contributed by atoms with Crippen LogP contribution in [0.4, 0.5) is 0 Å². The largest absolute Gasteiger partial charge is 0.375 e. The summed E-state index contributed by atoms with van der Waals surface area (Å²) < 4.78 is 5.82. The number of hydrogen-bond donors (Lipinski definition) is 0. The van der Waals surface area contributed by atoms with E-state index in [2.05, 4.69) is 62.4 Å². The van der Waals surface area contributed by atoms with Crippen LogP contribution in [-0.4, -0.2) is 30.7 Å². The Bertz CT molecular complexity index is 355. The fourth-order valence-corrected chi connectivity index (χ4v) is 2.38. The van der Waals surface area contributed by atoms with Gasteiger partial charge in [0, 0.05) is 19.6 Å². The standard InChI is InChI=1S/C16H24NO/c1-16(2,3)11-15-13-17(9-10-18-15)12-14-7-5-4-6-8-14/h4-8,11,15H,9-10,12-13H2,1-3H3. The van der Waals surface area contributed by atoms with Gasteiger partial charge in [-0.2, -0.15) is 0 Å². The highest BCUT2D eigenvalue weighted by molar-refractivity contribution is 5.14. The van der Waals surface area contributed by atoms with E-state index in [9.17, 15) is 0 Å². The molecule has 2 nitrogen and oxygen atoms in total. The minimum absolute atomic E-state index is 0.223. The van der Waals surface area contributed by atoms with E-state index >= 15 is 0 Å². The number of benzene rings is 1. The molecule has 1 radical (unpaired) electrons. The minimum Gasteiger partial charge on any atom is -0.375 e. The summed E-state index contributed by atoms with van der Waals surface area (Å²) in [5, 5.41) is 0. The summed E-state index contributed by atoms with van der Waals surface area (Å²) >= 11 is 0. The molecule has 1 aromatic rings. The SMILES string of the molecule is CC(C)(C)[CH]C1CN(Cc2ccccc2)CCO1. The second-order valence-electron chi connectivity index (χ2n) is 6.16. The first-order valence-corrected chi connectivity index (χ1v) is 6.77. The van der Waals surface area contributed by atoms with Crippen LogP contribution in [0.5, 0.6) is 0 Å². The lowest BCUT2D eigenvalue weighted by Crippen LogP contribution is -2.43. The van der Waals surface area contributed by atoms with Gasteiger partial charge in [-0.3, -0.25) is 4.90 Å². The average Bonchev–Trinajstić information content (AvgIpc) is 2.28. The van der Waals surface area contributed by atoms with Gasteiger partial charge in [-0.25, -0.2) is 0 Å². The molecule has 1 fully saturated rings. The Hall–Kier alpha value is -0.860. The number of hydrogen-bond acceptors (Lipinski definition) is 2. The van der Waals surface area contributed by atoms with Gasteiger partial charge in [0.15, 0.2) is 0 Å². The summed E-state index contributed by atoms with van der Waals surface area (Å²) in [6.45, 7) is 10.6. The Balaban J connectivity index is 1.87. The third-order valence-corrected chi connectivity index (χ3v) is 3.11. The molecule has 0 saturated carbocycles. The molecule has 1 aliphatic heterocycles. The fraction of sp³-hybridized carbons (Fsp3) is 0.562. The van der Waals surface area contributed by atoms with E-state index in [1.54, 1.807) is 0 Å². The summed E-state index contributed by atoms with van der Waals surface area (Å²) in [4.78, 5) is 2.48. The maximum absolute atomic E-state index is 5.82. The van der Waals surface area contributed by atoms with Crippen molar-refractivity contribution in [3.8, 4) is 0 Å². The zero-order chi connectivity index (χ0) is 13.0. The Labute approximate surface area is 111 Å². The average molecular weight is 246 g/mol. The van der Waals surface area contributed by atoms with Gasteiger partial charge in [0.25, 0.3) is 0 Å². The van der Waals surface area contributed by atoms with Gasteiger partial charge in [0.05, 0.1) is 12.7 Å². The minimum atomic E-state index is 0.223. The lowest BCUT2D eigenvalue weighted by atomic mass is 9.88. The van der Waals surface area contributed by atoms with Gasteiger partial charge in [0.2, 0.25) is 0 Å². The monoisotopic (exact) mass is 246 g/mol. The lowest BCUT2D eigenvalue weighted by molar-refractivity contribution is -0.0223. The summed E-state index contributed by atoms with van der Waals surface area (Å²) in [5.74, 6) is 0. The van der Waals surface area contributed by atoms with E-state index in [1.807, 2.05) is 0 Å². The summed E-state index contributed by atoms with van der Waals surface area (Å²) in [5.41, 5.74) is 1.61. The van der Waals surface area contributed by atoms with Crippen molar-refractivity contribution in [2.24, 2.45) is 5.41 Å². The Morgan fingerprint density at radius 1 is 1.28 bits per heavy atom. The highest BCUT2D eigenvalue weighted by atomic mass is 16.5. The van der Waals surface area contributed by atoms with Gasteiger partial charge < -0.3 is 4.74 Å². The first-order chi connectivity index (χ1) is 8.53. The van der Waals surface area contributed by atoms with Gasteiger partial charge in [0.1, 0.15) is 0 Å². The second-order valence-corrected chi connectivity index (χ2v) is 6.16. The van der Waals surface area contributed by atoms with E-state index in [0.717, 1.165) is 26.2 Å². The molecule has 2 heteroatoms. The molecular weight excluding hydrogens is 222 g/mol. The van der Waals surface area contributed by atoms with Crippen molar-refractivity contribution >= 4 is 0 Å². The predicted octanol–water partition coefficient (Wildman–Crippen LogP) is 3.14. The Morgan fingerprint density at radius 3 is 2.67 bits per heavy atom. The Kier molecular flexibility index (Phi) is 4.41. The topological polar surface area (TPSA) is 12.5 Å². The van der Waals surface area contributed by atoms with Crippen molar-refractivity contribution in [1.82, 2.24) is 4.90 Å². The van der Waals surface area contributed by atoms with Crippen LogP contribution in [0.2, 0.25) is 0 Å². The Morgan fingerprint density at radius 2 is 2.00 bits per heavy atom. The molecule has 1 aromatic carbocycles. The number of ether oxygens (including phenoxy) is 1. The van der Waals surface area contributed by atoms with E-state index in [4.69, 9.17) is 4.74 Å². The van der Waals surface area contributed by atoms with E-state index in [0.29, 0.717) is 0 Å². The third kappa shape index (κ3) is 4.43. The van der Waals surface area contributed by atoms with Gasteiger partial charge in [-0.1, -0.05) is 51.1 Å². The highest BCUT2D eigenvalue weighted by Gasteiger charge is 2.25. The van der Waals surface area contributed by atoms with Crippen molar-refractivity contribution in [2.45, 2.75) is 33.4 Å². The van der Waals surface area contributed by atoms with E-state index in [1.165, 1.54) is 5.56 Å². The zero-order valence-electron chi connectivity index (χ0n) is 11.7. The van der Waals surface area contributed by atoms with Crippen molar-refractivity contribution in [1.29, 1.82) is 0 Å². The van der Waals surface area contributed by atoms with Crippen LogP contribution >= 0.6 is 0 Å². The van der Waals surface area contributed by atoms with Gasteiger partial charge >= 0.3 is 0 Å². The van der Waals surface area contributed by atoms with Crippen molar-refractivity contribution in [3.05, 3.63) is 42.3 Å². The first-order valence-electron chi connectivity index (χ1n) is 6.77. The fourth-order valence-electron chi connectivity index (χ4n) is 2.38. The van der Waals surface area contributed by atoms with Crippen LogP contribution in [0, 0.1) is 11.8 Å². The van der Waals surface area contributed by atoms with E-state index in [-0.39, 0.29) is 11.5 Å². The van der Waals surface area contributed by atoms with Crippen molar-refractivity contribution in [2.75, 3.05) is 19.7 Å². The molecule has 1 saturated heterocycles. The molecule has 0 amide bonds.